The second-order valence-corrected chi connectivity index (χ2v) is 8.19. The van der Waals surface area contributed by atoms with Crippen molar-refractivity contribution in [1.29, 1.82) is 0 Å². The summed E-state index contributed by atoms with van der Waals surface area (Å²) in [5.41, 5.74) is 2.22. The number of nitrogens with one attached hydrogen (secondary N) is 1. The van der Waals surface area contributed by atoms with E-state index in [1.54, 1.807) is 18.3 Å². The molecule has 1 N–H and O–H groups in total. The largest absolute Gasteiger partial charge is 0.434 e. The first-order chi connectivity index (χ1) is 16.8. The maximum Gasteiger partial charge on any atom is 0.417 e. The summed E-state index contributed by atoms with van der Waals surface area (Å²) >= 11 is 5.78. The molecule has 10 heteroatoms. The van der Waals surface area contributed by atoms with E-state index in [1.165, 1.54) is 12.1 Å². The van der Waals surface area contributed by atoms with Gasteiger partial charge >= 0.3 is 6.18 Å². The lowest BCUT2D eigenvalue weighted by Gasteiger charge is -2.11. The average molecular weight is 497 g/mol. The van der Waals surface area contributed by atoms with Crippen LogP contribution in [0.5, 0.6) is 0 Å². The Hall–Kier alpha value is -3.98. The number of hydrogen-bond donors (Lipinski definition) is 1. The van der Waals surface area contributed by atoms with Crippen LogP contribution in [0.1, 0.15) is 33.0 Å². The predicted octanol–water partition coefficient (Wildman–Crippen LogP) is 5.96. The van der Waals surface area contributed by atoms with Crippen molar-refractivity contribution in [2.24, 2.45) is 0 Å². The van der Waals surface area contributed by atoms with Gasteiger partial charge in [0.1, 0.15) is 5.52 Å². The molecule has 0 aliphatic heterocycles. The van der Waals surface area contributed by atoms with Gasteiger partial charge < -0.3 is 9.73 Å². The molecule has 0 saturated heterocycles. The van der Waals surface area contributed by atoms with Gasteiger partial charge in [0.15, 0.2) is 5.58 Å². The molecule has 1 amide bonds. The van der Waals surface area contributed by atoms with Crippen molar-refractivity contribution in [2.75, 3.05) is 0 Å². The Morgan fingerprint density at radius 2 is 1.80 bits per heavy atom. The second-order valence-electron chi connectivity index (χ2n) is 7.79. The number of amides is 1. The second kappa shape index (κ2) is 8.99. The smallest absolute Gasteiger partial charge is 0.417 e. The van der Waals surface area contributed by atoms with Crippen LogP contribution in [0.15, 0.2) is 71.3 Å². The fraction of sp³-hybridized carbons (Fsp3) is 0.120. The number of halogens is 4. The van der Waals surface area contributed by atoms with Crippen LogP contribution in [0.2, 0.25) is 5.02 Å². The Kier molecular flexibility index (Phi) is 5.86. The fourth-order valence-corrected chi connectivity index (χ4v) is 4.02. The summed E-state index contributed by atoms with van der Waals surface area (Å²) in [6, 6.07) is 16.4. The first-order valence-corrected chi connectivity index (χ1v) is 10.9. The maximum atomic E-state index is 12.9. The molecule has 0 radical (unpaired) electrons. The van der Waals surface area contributed by atoms with E-state index in [1.807, 2.05) is 30.3 Å². The minimum absolute atomic E-state index is 0.0558. The summed E-state index contributed by atoms with van der Waals surface area (Å²) in [6.07, 6.45) is -2.56. The van der Waals surface area contributed by atoms with Gasteiger partial charge in [-0.3, -0.25) is 4.79 Å². The lowest BCUT2D eigenvalue weighted by molar-refractivity contribution is -0.137. The summed E-state index contributed by atoms with van der Waals surface area (Å²) < 4.78 is 44.7. The van der Waals surface area contributed by atoms with Gasteiger partial charge in [-0.1, -0.05) is 48.0 Å². The third-order valence-electron chi connectivity index (χ3n) is 5.37. The number of hydrogen-bond acceptors (Lipinski definition) is 5. The van der Waals surface area contributed by atoms with Crippen LogP contribution in [0.4, 0.5) is 13.2 Å². The van der Waals surface area contributed by atoms with E-state index in [2.05, 4.69) is 20.3 Å². The quantitative estimate of drug-likeness (QED) is 0.324. The van der Waals surface area contributed by atoms with Crippen molar-refractivity contribution >= 4 is 39.7 Å². The molecule has 0 bridgehead atoms. The van der Waals surface area contributed by atoms with Crippen LogP contribution >= 0.6 is 11.6 Å². The molecule has 5 aromatic rings. The number of furan rings is 1. The number of carbonyl (C=O) groups is 1. The third kappa shape index (κ3) is 4.67. The molecule has 35 heavy (non-hydrogen) atoms. The number of nitrogens with zero attached hydrogens (tertiary/aromatic N) is 3. The summed E-state index contributed by atoms with van der Waals surface area (Å²) in [7, 11) is 0. The van der Waals surface area contributed by atoms with Gasteiger partial charge in [-0.15, -0.1) is 0 Å². The van der Waals surface area contributed by atoms with Gasteiger partial charge in [0.05, 0.1) is 21.7 Å². The van der Waals surface area contributed by atoms with Gasteiger partial charge in [-0.05, 0) is 35.4 Å². The molecule has 0 spiro atoms. The van der Waals surface area contributed by atoms with Crippen molar-refractivity contribution in [2.45, 2.75) is 19.1 Å². The molecule has 2 aromatic carbocycles. The molecule has 0 saturated carbocycles. The van der Waals surface area contributed by atoms with Crippen LogP contribution in [0, 0.1) is 0 Å². The normalized spacial score (nSPS) is 11.8. The molecule has 6 nitrogen and oxygen atoms in total. The lowest BCUT2D eigenvalue weighted by Crippen LogP contribution is -2.25. The molecule has 3 aromatic heterocycles. The summed E-state index contributed by atoms with van der Waals surface area (Å²) in [4.78, 5) is 26.0. The highest BCUT2D eigenvalue weighted by Gasteiger charge is 2.33. The van der Waals surface area contributed by atoms with Gasteiger partial charge in [0.25, 0.3) is 5.91 Å². The van der Waals surface area contributed by atoms with Crippen molar-refractivity contribution in [3.63, 3.8) is 0 Å². The number of fused-ring (bicyclic) bond motifs is 3. The van der Waals surface area contributed by atoms with E-state index in [4.69, 9.17) is 16.0 Å². The minimum Gasteiger partial charge on any atom is -0.434 e. The minimum atomic E-state index is -4.56. The molecular formula is C25H16ClF3N4O2. The Labute approximate surface area is 201 Å². The number of rotatable bonds is 5. The predicted molar refractivity (Wildman–Crippen MR) is 124 cm³/mol. The number of benzene rings is 2. The van der Waals surface area contributed by atoms with Crippen molar-refractivity contribution in [3.8, 4) is 0 Å². The van der Waals surface area contributed by atoms with Crippen LogP contribution in [-0.2, 0) is 19.1 Å². The zero-order chi connectivity index (χ0) is 24.6. The van der Waals surface area contributed by atoms with E-state index in [-0.39, 0.29) is 12.4 Å². The molecule has 0 aliphatic carbocycles. The molecule has 0 aliphatic rings. The highest BCUT2D eigenvalue weighted by atomic mass is 35.5. The van der Waals surface area contributed by atoms with Gasteiger partial charge in [0.2, 0.25) is 11.5 Å². The van der Waals surface area contributed by atoms with E-state index in [0.717, 1.165) is 11.6 Å². The number of aromatic nitrogens is 3. The molecule has 176 valence electrons. The average Bonchev–Trinajstić information content (AvgIpc) is 3.21. The number of alkyl halides is 3. The van der Waals surface area contributed by atoms with Crippen LogP contribution in [-0.4, -0.2) is 20.9 Å². The molecule has 0 fully saturated rings. The van der Waals surface area contributed by atoms with Crippen LogP contribution in [0.3, 0.4) is 0 Å². The number of carbonyl (C=O) groups excluding carboxylic acids is 1. The zero-order valence-corrected chi connectivity index (χ0v) is 18.7. The highest BCUT2D eigenvalue weighted by Crippen LogP contribution is 2.35. The van der Waals surface area contributed by atoms with Gasteiger partial charge in [-0.2, -0.15) is 13.2 Å². The van der Waals surface area contributed by atoms with Crippen molar-refractivity contribution in [3.05, 3.63) is 100 Å². The first kappa shape index (κ1) is 22.8. The number of pyridine rings is 1. The van der Waals surface area contributed by atoms with Crippen LogP contribution < -0.4 is 5.32 Å². The van der Waals surface area contributed by atoms with Gasteiger partial charge in [-0.25, -0.2) is 15.0 Å². The van der Waals surface area contributed by atoms with Crippen molar-refractivity contribution in [1.82, 2.24) is 20.3 Å². The lowest BCUT2D eigenvalue weighted by atomic mass is 10.1. The van der Waals surface area contributed by atoms with Gasteiger partial charge in [0, 0.05) is 19.2 Å². The Bertz CT molecular complexity index is 1550. The fourth-order valence-electron chi connectivity index (χ4n) is 3.71. The van der Waals surface area contributed by atoms with E-state index < -0.39 is 22.7 Å². The Morgan fingerprint density at radius 3 is 2.54 bits per heavy atom. The van der Waals surface area contributed by atoms with Crippen molar-refractivity contribution < 1.29 is 22.4 Å². The summed E-state index contributed by atoms with van der Waals surface area (Å²) in [5, 5.41) is 2.85. The topological polar surface area (TPSA) is 80.9 Å². The Balaban J connectivity index is 1.47. The molecule has 0 unspecified atom stereocenters. The van der Waals surface area contributed by atoms with E-state index in [0.29, 0.717) is 39.9 Å². The van der Waals surface area contributed by atoms with Crippen LogP contribution in [0.25, 0.3) is 22.2 Å². The van der Waals surface area contributed by atoms with E-state index in [9.17, 15) is 18.0 Å². The molecule has 5 rings (SSSR count). The SMILES string of the molecule is O=C(NCc1ccc(C(F)(F)F)c(Cl)c1)c1nc(Cc2ccccc2)c2oc3ncccc3c2n1. The standard InChI is InChI=1S/C25H16ClF3N4O2/c26-18-11-15(8-9-17(18)25(27,28)29)13-31-23(34)22-32-19(12-14-5-2-1-3-6-14)21-20(33-22)16-7-4-10-30-24(16)35-21/h1-11H,12-13H2,(H,31,34). The first-order valence-electron chi connectivity index (χ1n) is 10.5. The van der Waals surface area contributed by atoms with E-state index >= 15 is 0 Å². The maximum absolute atomic E-state index is 12.9. The zero-order valence-electron chi connectivity index (χ0n) is 17.9. The monoisotopic (exact) mass is 496 g/mol. The summed E-state index contributed by atoms with van der Waals surface area (Å²) in [6.45, 7) is -0.0558. The summed E-state index contributed by atoms with van der Waals surface area (Å²) in [5.74, 6) is -0.677. The molecular weight excluding hydrogens is 481 g/mol. The highest BCUT2D eigenvalue weighted by molar-refractivity contribution is 6.31. The third-order valence-corrected chi connectivity index (χ3v) is 5.68. The molecule has 0 atom stereocenters. The molecule has 3 heterocycles. The Morgan fingerprint density at radius 1 is 1.00 bits per heavy atom.